The van der Waals surface area contributed by atoms with E-state index in [1.807, 2.05) is 17.5 Å². The second-order valence-electron chi connectivity index (χ2n) is 5.72. The highest BCUT2D eigenvalue weighted by molar-refractivity contribution is 8.06. The Bertz CT molecular complexity index is 981. The van der Waals surface area contributed by atoms with Crippen LogP contribution in [0.2, 0.25) is 0 Å². The standard InChI is InChI=1S/C21H17NOS2/c1-2-22-18(17-10-5-8-15-7-3-4-9-16(15)17)14-25-21(22)13-19(23)20-11-6-12-24-20/h3-14H,2H2,1H3. The molecule has 0 spiro atoms. The first-order valence-corrected chi connectivity index (χ1v) is 9.96. The number of carbonyl (C=O) groups is 1. The van der Waals surface area contributed by atoms with Gasteiger partial charge in [-0.15, -0.1) is 11.3 Å². The van der Waals surface area contributed by atoms with Crippen molar-refractivity contribution in [3.63, 3.8) is 0 Å². The number of hydrogen-bond acceptors (Lipinski definition) is 4. The second kappa shape index (κ2) is 6.90. The Balaban J connectivity index is 1.71. The summed E-state index contributed by atoms with van der Waals surface area (Å²) in [6.07, 6.45) is 1.76. The van der Waals surface area contributed by atoms with Crippen LogP contribution in [-0.2, 0) is 0 Å². The zero-order chi connectivity index (χ0) is 17.2. The topological polar surface area (TPSA) is 20.3 Å². The van der Waals surface area contributed by atoms with Crippen LogP contribution in [0.3, 0.4) is 0 Å². The second-order valence-corrected chi connectivity index (χ2v) is 7.55. The first-order chi connectivity index (χ1) is 12.3. The van der Waals surface area contributed by atoms with Crippen LogP contribution in [0.25, 0.3) is 16.5 Å². The Kier molecular flexibility index (Phi) is 4.47. The van der Waals surface area contributed by atoms with Gasteiger partial charge in [-0.3, -0.25) is 4.79 Å². The number of hydrogen-bond donors (Lipinski definition) is 0. The SMILES string of the molecule is CCN1C(=CC(=O)c2cccs2)SC=C1c1cccc2ccccc12. The van der Waals surface area contributed by atoms with E-state index in [1.165, 1.54) is 27.7 Å². The van der Waals surface area contributed by atoms with E-state index in [0.29, 0.717) is 0 Å². The minimum absolute atomic E-state index is 0.0727. The molecule has 3 aromatic rings. The van der Waals surface area contributed by atoms with Crippen LogP contribution >= 0.6 is 23.1 Å². The summed E-state index contributed by atoms with van der Waals surface area (Å²) in [5, 5.41) is 7.54. The minimum atomic E-state index is 0.0727. The van der Waals surface area contributed by atoms with E-state index in [2.05, 4.69) is 59.7 Å². The Labute approximate surface area is 155 Å². The third-order valence-corrected chi connectivity index (χ3v) is 6.05. The number of rotatable bonds is 4. The molecular formula is C21H17NOS2. The van der Waals surface area contributed by atoms with E-state index in [0.717, 1.165) is 22.1 Å². The third-order valence-electron chi connectivity index (χ3n) is 4.25. The van der Waals surface area contributed by atoms with Gasteiger partial charge < -0.3 is 4.90 Å². The molecule has 1 aliphatic rings. The summed E-state index contributed by atoms with van der Waals surface area (Å²) in [4.78, 5) is 15.5. The smallest absolute Gasteiger partial charge is 0.198 e. The van der Waals surface area contributed by atoms with E-state index in [4.69, 9.17) is 0 Å². The highest BCUT2D eigenvalue weighted by Crippen LogP contribution is 2.41. The molecular weight excluding hydrogens is 346 g/mol. The molecule has 0 fully saturated rings. The van der Waals surface area contributed by atoms with Crippen LogP contribution in [0.5, 0.6) is 0 Å². The zero-order valence-corrected chi connectivity index (χ0v) is 15.4. The van der Waals surface area contributed by atoms with Crippen LogP contribution in [-0.4, -0.2) is 17.2 Å². The van der Waals surface area contributed by atoms with Gasteiger partial charge in [0.15, 0.2) is 5.78 Å². The Morgan fingerprint density at radius 2 is 1.92 bits per heavy atom. The Morgan fingerprint density at radius 3 is 2.72 bits per heavy atom. The van der Waals surface area contributed by atoms with Crippen LogP contribution < -0.4 is 0 Å². The summed E-state index contributed by atoms with van der Waals surface area (Å²) in [5.41, 5.74) is 2.37. The molecule has 2 nitrogen and oxygen atoms in total. The lowest BCUT2D eigenvalue weighted by atomic mass is 10.0. The van der Waals surface area contributed by atoms with Crippen LogP contribution in [0, 0.1) is 0 Å². The summed E-state index contributed by atoms with van der Waals surface area (Å²) in [6.45, 7) is 2.94. The lowest BCUT2D eigenvalue weighted by Crippen LogP contribution is -2.17. The fourth-order valence-electron chi connectivity index (χ4n) is 3.06. The molecule has 0 saturated carbocycles. The minimum Gasteiger partial charge on any atom is -0.335 e. The van der Waals surface area contributed by atoms with E-state index in [1.54, 1.807) is 17.8 Å². The molecule has 4 heteroatoms. The molecule has 0 bridgehead atoms. The highest BCUT2D eigenvalue weighted by Gasteiger charge is 2.23. The van der Waals surface area contributed by atoms with Crippen molar-refractivity contribution in [2.24, 2.45) is 0 Å². The number of nitrogens with zero attached hydrogens (tertiary/aromatic N) is 1. The molecule has 0 radical (unpaired) electrons. The van der Waals surface area contributed by atoms with E-state index >= 15 is 0 Å². The van der Waals surface area contributed by atoms with Crippen molar-refractivity contribution in [2.75, 3.05) is 6.54 Å². The van der Waals surface area contributed by atoms with Gasteiger partial charge in [-0.25, -0.2) is 0 Å². The zero-order valence-electron chi connectivity index (χ0n) is 13.8. The first kappa shape index (κ1) is 16.2. The van der Waals surface area contributed by atoms with Crippen molar-refractivity contribution in [2.45, 2.75) is 6.92 Å². The van der Waals surface area contributed by atoms with Crippen molar-refractivity contribution in [1.29, 1.82) is 0 Å². The average molecular weight is 364 g/mol. The number of thioether (sulfide) groups is 1. The molecule has 0 N–H and O–H groups in total. The molecule has 1 aliphatic heterocycles. The van der Waals surface area contributed by atoms with Gasteiger partial charge in [0, 0.05) is 23.6 Å². The number of thiophene rings is 1. The van der Waals surface area contributed by atoms with E-state index < -0.39 is 0 Å². The van der Waals surface area contributed by atoms with Crippen molar-refractivity contribution >= 4 is 45.4 Å². The molecule has 25 heavy (non-hydrogen) atoms. The van der Waals surface area contributed by atoms with Crippen molar-refractivity contribution in [1.82, 2.24) is 4.90 Å². The monoisotopic (exact) mass is 363 g/mol. The Hall–Kier alpha value is -2.30. The fourth-order valence-corrected chi connectivity index (χ4v) is 4.71. The number of carbonyl (C=O) groups excluding carboxylic acids is 1. The summed E-state index contributed by atoms with van der Waals surface area (Å²) < 4.78 is 0. The molecule has 0 saturated heterocycles. The van der Waals surface area contributed by atoms with Crippen LogP contribution in [0.4, 0.5) is 0 Å². The number of ketones is 1. The largest absolute Gasteiger partial charge is 0.335 e. The molecule has 124 valence electrons. The molecule has 0 unspecified atom stereocenters. The van der Waals surface area contributed by atoms with Crippen molar-refractivity contribution < 1.29 is 4.79 Å². The van der Waals surface area contributed by atoms with Gasteiger partial charge >= 0.3 is 0 Å². The predicted octanol–water partition coefficient (Wildman–Crippen LogP) is 5.99. The molecule has 0 atom stereocenters. The maximum Gasteiger partial charge on any atom is 0.198 e. The first-order valence-electron chi connectivity index (χ1n) is 8.20. The summed E-state index contributed by atoms with van der Waals surface area (Å²) in [5.74, 6) is 0.0727. The average Bonchev–Trinajstić information content (AvgIpc) is 3.31. The normalized spacial score (nSPS) is 15.8. The molecule has 2 heterocycles. The van der Waals surface area contributed by atoms with Gasteiger partial charge in [0.2, 0.25) is 0 Å². The van der Waals surface area contributed by atoms with Crippen molar-refractivity contribution in [3.05, 3.63) is 86.9 Å². The maximum atomic E-state index is 12.4. The summed E-state index contributed by atoms with van der Waals surface area (Å²) >= 11 is 3.10. The summed E-state index contributed by atoms with van der Waals surface area (Å²) in [7, 11) is 0. The van der Waals surface area contributed by atoms with Gasteiger partial charge in [-0.1, -0.05) is 60.3 Å². The predicted molar refractivity (Wildman–Crippen MR) is 109 cm³/mol. The lowest BCUT2D eigenvalue weighted by Gasteiger charge is -2.22. The summed E-state index contributed by atoms with van der Waals surface area (Å²) in [6, 6.07) is 18.6. The Morgan fingerprint density at radius 1 is 1.08 bits per heavy atom. The maximum absolute atomic E-state index is 12.4. The quantitative estimate of drug-likeness (QED) is 0.419. The molecule has 2 aromatic carbocycles. The number of fused-ring (bicyclic) bond motifs is 1. The van der Waals surface area contributed by atoms with Crippen LogP contribution in [0.1, 0.15) is 22.2 Å². The lowest BCUT2D eigenvalue weighted by molar-refractivity contribution is 0.104. The van der Waals surface area contributed by atoms with E-state index in [9.17, 15) is 4.79 Å². The van der Waals surface area contributed by atoms with Gasteiger partial charge in [0.05, 0.1) is 15.6 Å². The van der Waals surface area contributed by atoms with Gasteiger partial charge in [-0.05, 0) is 29.1 Å². The molecule has 0 amide bonds. The van der Waals surface area contributed by atoms with Gasteiger partial charge in [0.1, 0.15) is 0 Å². The fraction of sp³-hybridized carbons (Fsp3) is 0.0952. The van der Waals surface area contributed by atoms with Gasteiger partial charge in [-0.2, -0.15) is 0 Å². The van der Waals surface area contributed by atoms with Crippen molar-refractivity contribution in [3.8, 4) is 0 Å². The molecule has 4 rings (SSSR count). The molecule has 0 aliphatic carbocycles. The van der Waals surface area contributed by atoms with Crippen LogP contribution in [0.15, 0.2) is 76.5 Å². The van der Waals surface area contributed by atoms with Gasteiger partial charge in [0.25, 0.3) is 0 Å². The highest BCUT2D eigenvalue weighted by atomic mass is 32.2. The number of allylic oxidation sites excluding steroid dienone is 1. The number of benzene rings is 2. The van der Waals surface area contributed by atoms with E-state index in [-0.39, 0.29) is 5.78 Å². The molecule has 1 aromatic heterocycles. The third kappa shape index (κ3) is 3.03.